The maximum absolute atomic E-state index is 12.3. The number of hydrogen-bond acceptors (Lipinski definition) is 2. The topological polar surface area (TPSA) is 62.0 Å². The van der Waals surface area contributed by atoms with Crippen molar-refractivity contribution < 1.29 is 9.59 Å². The second-order valence-corrected chi connectivity index (χ2v) is 5.52. The first-order valence-electron chi connectivity index (χ1n) is 7.04. The van der Waals surface area contributed by atoms with Gasteiger partial charge in [-0.25, -0.2) is 0 Å². The van der Waals surface area contributed by atoms with Crippen molar-refractivity contribution in [1.29, 1.82) is 0 Å². The van der Waals surface area contributed by atoms with Crippen LogP contribution in [-0.2, 0) is 9.59 Å². The van der Waals surface area contributed by atoms with Gasteiger partial charge in [0.1, 0.15) is 5.78 Å². The van der Waals surface area contributed by atoms with Gasteiger partial charge in [0.15, 0.2) is 0 Å². The Morgan fingerprint density at radius 3 is 2.80 bits per heavy atom. The number of aryl methyl sites for hydroxylation is 1. The average molecular weight is 270 g/mol. The number of aromatic amines is 1. The Morgan fingerprint density at radius 2 is 2.05 bits per heavy atom. The highest BCUT2D eigenvalue weighted by molar-refractivity contribution is 6.02. The highest BCUT2D eigenvalue weighted by atomic mass is 16.2. The van der Waals surface area contributed by atoms with Crippen LogP contribution in [0, 0.1) is 12.8 Å². The highest BCUT2D eigenvalue weighted by Crippen LogP contribution is 2.27. The second-order valence-electron chi connectivity index (χ2n) is 5.52. The van der Waals surface area contributed by atoms with Crippen LogP contribution in [0.25, 0.3) is 10.9 Å². The molecular weight excluding hydrogens is 252 g/mol. The van der Waals surface area contributed by atoms with Crippen molar-refractivity contribution >= 4 is 28.3 Å². The van der Waals surface area contributed by atoms with E-state index in [0.29, 0.717) is 25.7 Å². The zero-order valence-electron chi connectivity index (χ0n) is 11.5. The number of hydrogen-bond donors (Lipinski definition) is 2. The first kappa shape index (κ1) is 12.9. The van der Waals surface area contributed by atoms with Crippen molar-refractivity contribution in [1.82, 2.24) is 4.98 Å². The number of carbonyl (C=O) groups excluding carboxylic acids is 2. The van der Waals surface area contributed by atoms with Gasteiger partial charge in [0.05, 0.1) is 5.69 Å². The summed E-state index contributed by atoms with van der Waals surface area (Å²) in [6.45, 7) is 2.00. The molecule has 0 saturated heterocycles. The quantitative estimate of drug-likeness (QED) is 0.880. The van der Waals surface area contributed by atoms with Crippen molar-refractivity contribution in [2.75, 3.05) is 5.32 Å². The molecule has 1 amide bonds. The molecule has 1 aliphatic rings. The molecule has 20 heavy (non-hydrogen) atoms. The Hall–Kier alpha value is -2.10. The van der Waals surface area contributed by atoms with Gasteiger partial charge < -0.3 is 10.3 Å². The molecule has 0 aliphatic heterocycles. The van der Waals surface area contributed by atoms with E-state index in [1.807, 2.05) is 31.2 Å². The fourth-order valence-corrected chi connectivity index (χ4v) is 2.84. The predicted octanol–water partition coefficient (Wildman–Crippen LogP) is 3.17. The summed E-state index contributed by atoms with van der Waals surface area (Å²) in [7, 11) is 0. The number of aromatic nitrogens is 1. The van der Waals surface area contributed by atoms with E-state index in [-0.39, 0.29) is 17.6 Å². The third-order valence-electron chi connectivity index (χ3n) is 3.97. The number of nitrogens with one attached hydrogen (secondary N) is 2. The molecule has 0 spiro atoms. The van der Waals surface area contributed by atoms with Gasteiger partial charge in [-0.3, -0.25) is 9.59 Å². The van der Waals surface area contributed by atoms with Crippen molar-refractivity contribution in [3.63, 3.8) is 0 Å². The molecule has 4 heteroatoms. The summed E-state index contributed by atoms with van der Waals surface area (Å²) in [5.74, 6) is 0.268. The smallest absolute Gasteiger partial charge is 0.227 e. The lowest BCUT2D eigenvalue weighted by Crippen LogP contribution is -2.27. The molecule has 2 N–H and O–H groups in total. The molecule has 1 aliphatic carbocycles. The number of anilines is 1. The Balaban J connectivity index is 1.79. The van der Waals surface area contributed by atoms with E-state index in [1.165, 1.54) is 0 Å². The van der Waals surface area contributed by atoms with Crippen LogP contribution in [0.4, 0.5) is 5.69 Å². The average Bonchev–Trinajstić information content (AvgIpc) is 2.81. The number of fused-ring (bicyclic) bond motifs is 1. The molecule has 104 valence electrons. The van der Waals surface area contributed by atoms with Crippen molar-refractivity contribution in [3.8, 4) is 0 Å². The Bertz CT molecular complexity index is 662. The van der Waals surface area contributed by atoms with E-state index >= 15 is 0 Å². The van der Waals surface area contributed by atoms with E-state index in [4.69, 9.17) is 0 Å². The van der Waals surface area contributed by atoms with Crippen LogP contribution in [0.1, 0.15) is 31.4 Å². The van der Waals surface area contributed by atoms with Crippen LogP contribution >= 0.6 is 0 Å². The molecule has 2 aromatic rings. The molecule has 0 bridgehead atoms. The van der Waals surface area contributed by atoms with Crippen LogP contribution in [0.5, 0.6) is 0 Å². The molecular formula is C16H18N2O2. The minimum absolute atomic E-state index is 0.0313. The SMILES string of the molecule is Cc1cc2c(NC(=O)C3CCC(=O)CC3)cccc2[nH]1. The lowest BCUT2D eigenvalue weighted by atomic mass is 9.88. The standard InChI is InChI=1S/C16H18N2O2/c1-10-9-13-14(17-10)3-2-4-15(13)18-16(20)11-5-7-12(19)8-6-11/h2-4,9,11,17H,5-8H2,1H3,(H,18,20). The van der Waals surface area contributed by atoms with Gasteiger partial charge >= 0.3 is 0 Å². The number of Topliss-reactive ketones (excluding diaryl/α,β-unsaturated/α-hetero) is 1. The van der Waals surface area contributed by atoms with Gasteiger partial charge in [-0.1, -0.05) is 6.07 Å². The number of amides is 1. The summed E-state index contributed by atoms with van der Waals surface area (Å²) in [6, 6.07) is 7.88. The number of rotatable bonds is 2. The summed E-state index contributed by atoms with van der Waals surface area (Å²) in [5, 5.41) is 4.05. The van der Waals surface area contributed by atoms with E-state index in [0.717, 1.165) is 22.3 Å². The molecule has 1 heterocycles. The Labute approximate surface area is 117 Å². The van der Waals surface area contributed by atoms with Crippen LogP contribution in [0.3, 0.4) is 0 Å². The van der Waals surface area contributed by atoms with E-state index in [2.05, 4.69) is 10.3 Å². The minimum atomic E-state index is -0.0389. The normalized spacial score (nSPS) is 16.6. The Morgan fingerprint density at radius 1 is 1.30 bits per heavy atom. The van der Waals surface area contributed by atoms with E-state index in [9.17, 15) is 9.59 Å². The molecule has 3 rings (SSSR count). The highest BCUT2D eigenvalue weighted by Gasteiger charge is 2.25. The monoisotopic (exact) mass is 270 g/mol. The molecule has 1 fully saturated rings. The maximum atomic E-state index is 12.3. The van der Waals surface area contributed by atoms with Crippen LogP contribution in [0.15, 0.2) is 24.3 Å². The summed E-state index contributed by atoms with van der Waals surface area (Å²) in [6.07, 6.45) is 2.41. The molecule has 0 radical (unpaired) electrons. The van der Waals surface area contributed by atoms with Crippen LogP contribution < -0.4 is 5.32 Å². The Kier molecular flexibility index (Phi) is 3.30. The number of H-pyrrole nitrogens is 1. The zero-order chi connectivity index (χ0) is 14.1. The van der Waals surface area contributed by atoms with Gasteiger partial charge in [0.25, 0.3) is 0 Å². The maximum Gasteiger partial charge on any atom is 0.227 e. The van der Waals surface area contributed by atoms with Gasteiger partial charge in [-0.15, -0.1) is 0 Å². The minimum Gasteiger partial charge on any atom is -0.359 e. The summed E-state index contributed by atoms with van der Waals surface area (Å²) >= 11 is 0. The third-order valence-corrected chi connectivity index (χ3v) is 3.97. The van der Waals surface area contributed by atoms with Gasteiger partial charge in [-0.05, 0) is 38.0 Å². The van der Waals surface area contributed by atoms with Crippen LogP contribution in [-0.4, -0.2) is 16.7 Å². The van der Waals surface area contributed by atoms with Crippen LogP contribution in [0.2, 0.25) is 0 Å². The predicted molar refractivity (Wildman–Crippen MR) is 78.6 cm³/mol. The zero-order valence-corrected chi connectivity index (χ0v) is 11.5. The fourth-order valence-electron chi connectivity index (χ4n) is 2.84. The lowest BCUT2D eigenvalue weighted by molar-refractivity contribution is -0.125. The van der Waals surface area contributed by atoms with Crippen molar-refractivity contribution in [2.45, 2.75) is 32.6 Å². The first-order chi connectivity index (χ1) is 9.63. The fraction of sp³-hybridized carbons (Fsp3) is 0.375. The van der Waals surface area contributed by atoms with Gasteiger partial charge in [-0.2, -0.15) is 0 Å². The van der Waals surface area contributed by atoms with Gasteiger partial charge in [0, 0.05) is 35.4 Å². The number of benzene rings is 1. The molecule has 1 aromatic heterocycles. The lowest BCUT2D eigenvalue weighted by Gasteiger charge is -2.20. The second kappa shape index (κ2) is 5.12. The molecule has 0 unspecified atom stereocenters. The van der Waals surface area contributed by atoms with Crippen molar-refractivity contribution in [2.24, 2.45) is 5.92 Å². The summed E-state index contributed by atoms with van der Waals surface area (Å²) in [4.78, 5) is 26.8. The molecule has 0 atom stereocenters. The largest absolute Gasteiger partial charge is 0.359 e. The van der Waals surface area contributed by atoms with Gasteiger partial charge in [0.2, 0.25) is 5.91 Å². The summed E-state index contributed by atoms with van der Waals surface area (Å²) < 4.78 is 0. The van der Waals surface area contributed by atoms with Crippen molar-refractivity contribution in [3.05, 3.63) is 30.0 Å². The van der Waals surface area contributed by atoms with E-state index < -0.39 is 0 Å². The van der Waals surface area contributed by atoms with E-state index in [1.54, 1.807) is 0 Å². The molecule has 4 nitrogen and oxygen atoms in total. The molecule has 1 aromatic carbocycles. The number of ketones is 1. The first-order valence-corrected chi connectivity index (χ1v) is 7.04. The third kappa shape index (κ3) is 2.46. The number of carbonyl (C=O) groups is 2. The summed E-state index contributed by atoms with van der Waals surface area (Å²) in [5.41, 5.74) is 2.94. The molecule has 1 saturated carbocycles.